The fourth-order valence-electron chi connectivity index (χ4n) is 13.7. The largest absolute Gasteiger partial charge is 0.309 e. The van der Waals surface area contributed by atoms with Gasteiger partial charge in [0.15, 0.2) is 0 Å². The van der Waals surface area contributed by atoms with Gasteiger partial charge in [-0.15, -0.1) is 0 Å². The van der Waals surface area contributed by atoms with Crippen LogP contribution in [0.4, 0.5) is 0 Å². The van der Waals surface area contributed by atoms with Gasteiger partial charge in [0.1, 0.15) is 0 Å². The molecule has 0 amide bonds. The predicted molar refractivity (Wildman–Crippen MR) is 329 cm³/mol. The Hall–Kier alpha value is -10.3. The molecule has 2 aliphatic carbocycles. The molecule has 0 atom stereocenters. The highest BCUT2D eigenvalue weighted by Crippen LogP contribution is 2.63. The van der Waals surface area contributed by atoms with Gasteiger partial charge in [-0.05, 0) is 165 Å². The second-order valence-electron chi connectivity index (χ2n) is 21.1. The normalized spacial score (nSPS) is 12.7. The molecule has 1 spiro atoms. The Bertz CT molecular complexity index is 4500. The van der Waals surface area contributed by atoms with E-state index in [1.165, 1.54) is 88.3 Å². The van der Waals surface area contributed by atoms with Crippen LogP contribution in [0.2, 0.25) is 0 Å². The van der Waals surface area contributed by atoms with Crippen molar-refractivity contribution < 1.29 is 0 Å². The minimum absolute atomic E-state index is 0.501. The summed E-state index contributed by atoms with van der Waals surface area (Å²) in [4.78, 5) is 0. The minimum Gasteiger partial charge on any atom is -0.309 e. The lowest BCUT2D eigenvalue weighted by Gasteiger charge is -2.31. The van der Waals surface area contributed by atoms with Crippen LogP contribution in [0.1, 0.15) is 22.3 Å². The Labute approximate surface area is 460 Å². The van der Waals surface area contributed by atoms with Crippen LogP contribution < -0.4 is 0 Å². The topological polar surface area (TPSA) is 9.86 Å². The van der Waals surface area contributed by atoms with Gasteiger partial charge in [-0.1, -0.05) is 249 Å². The van der Waals surface area contributed by atoms with Crippen molar-refractivity contribution in [3.05, 3.63) is 326 Å². The average molecular weight is 1000 g/mol. The SMILES string of the molecule is c1ccc(-c2c3ccc(-n4c(-c5ccccc5)ccc4-c4ccccc4)cc3c(-c3ccc4c(c3)C3(c5ccccc5-c5ccccc53)c3ccccc3-4)c3ccc(-n4c(-c5ccccc5)ccc4-c4ccccc4)cc23)cc1. The third-order valence-electron chi connectivity index (χ3n) is 17.0. The Balaban J connectivity index is 1.03. The van der Waals surface area contributed by atoms with Crippen LogP contribution in [0.25, 0.3) is 122 Å². The van der Waals surface area contributed by atoms with E-state index in [0.717, 1.165) is 56.4 Å². The number of aromatic nitrogens is 2. The Morgan fingerprint density at radius 1 is 0.203 bits per heavy atom. The first kappa shape index (κ1) is 45.0. The molecule has 368 valence electrons. The van der Waals surface area contributed by atoms with E-state index < -0.39 is 5.41 Å². The van der Waals surface area contributed by atoms with Crippen LogP contribution in [-0.2, 0) is 5.41 Å². The van der Waals surface area contributed by atoms with Crippen LogP contribution >= 0.6 is 0 Å². The maximum Gasteiger partial charge on any atom is 0.0725 e. The summed E-state index contributed by atoms with van der Waals surface area (Å²) in [7, 11) is 0. The summed E-state index contributed by atoms with van der Waals surface area (Å²) in [5.41, 5.74) is 26.2. The van der Waals surface area contributed by atoms with Gasteiger partial charge in [0.05, 0.1) is 28.2 Å². The van der Waals surface area contributed by atoms with Crippen LogP contribution in [0.5, 0.6) is 0 Å². The van der Waals surface area contributed by atoms with Gasteiger partial charge in [-0.3, -0.25) is 0 Å². The van der Waals surface area contributed by atoms with E-state index >= 15 is 0 Å². The molecule has 2 heterocycles. The summed E-state index contributed by atoms with van der Waals surface area (Å²) < 4.78 is 4.92. The highest BCUT2D eigenvalue weighted by molar-refractivity contribution is 6.22. The van der Waals surface area contributed by atoms with E-state index in [-0.39, 0.29) is 0 Å². The lowest BCUT2D eigenvalue weighted by molar-refractivity contribution is 0.794. The molecule has 0 N–H and O–H groups in total. The monoisotopic (exact) mass is 1000 g/mol. The van der Waals surface area contributed by atoms with Gasteiger partial charge < -0.3 is 9.13 Å². The van der Waals surface area contributed by atoms with E-state index in [9.17, 15) is 0 Å². The molecular weight excluding hydrogens is 953 g/mol. The lowest BCUT2D eigenvalue weighted by Crippen LogP contribution is -2.25. The van der Waals surface area contributed by atoms with E-state index in [1.54, 1.807) is 0 Å². The molecule has 0 aliphatic heterocycles. The minimum atomic E-state index is -0.501. The maximum absolute atomic E-state index is 2.57. The molecule has 2 aliphatic rings. The fourth-order valence-corrected chi connectivity index (χ4v) is 13.7. The zero-order valence-corrected chi connectivity index (χ0v) is 43.3. The molecule has 2 aromatic heterocycles. The van der Waals surface area contributed by atoms with Crippen molar-refractivity contribution in [2.24, 2.45) is 0 Å². The molecular formula is C77H50N2. The van der Waals surface area contributed by atoms with Crippen LogP contribution in [0.15, 0.2) is 303 Å². The number of benzene rings is 12. The number of fused-ring (bicyclic) bond motifs is 12. The first-order chi connectivity index (χ1) is 39.2. The van der Waals surface area contributed by atoms with E-state index in [0.29, 0.717) is 0 Å². The number of hydrogen-bond acceptors (Lipinski definition) is 0. The van der Waals surface area contributed by atoms with Crippen LogP contribution in [0.3, 0.4) is 0 Å². The van der Waals surface area contributed by atoms with Crippen LogP contribution in [-0.4, -0.2) is 9.13 Å². The lowest BCUT2D eigenvalue weighted by atomic mass is 9.70. The molecule has 0 bridgehead atoms. The van der Waals surface area contributed by atoms with Crippen molar-refractivity contribution in [2.75, 3.05) is 0 Å². The molecule has 16 rings (SSSR count). The van der Waals surface area contributed by atoms with Gasteiger partial charge in [-0.25, -0.2) is 0 Å². The number of rotatable bonds is 8. The molecule has 14 aromatic rings. The molecule has 0 unspecified atom stereocenters. The second-order valence-corrected chi connectivity index (χ2v) is 21.1. The molecule has 0 radical (unpaired) electrons. The number of hydrogen-bond donors (Lipinski definition) is 0. The van der Waals surface area contributed by atoms with Gasteiger partial charge in [0, 0.05) is 11.4 Å². The van der Waals surface area contributed by atoms with Crippen molar-refractivity contribution in [3.63, 3.8) is 0 Å². The summed E-state index contributed by atoms with van der Waals surface area (Å²) in [6.07, 6.45) is 0. The van der Waals surface area contributed by atoms with Gasteiger partial charge in [0.25, 0.3) is 0 Å². The molecule has 79 heavy (non-hydrogen) atoms. The smallest absolute Gasteiger partial charge is 0.0725 e. The summed E-state index contributed by atoms with van der Waals surface area (Å²) in [6.45, 7) is 0. The summed E-state index contributed by atoms with van der Waals surface area (Å²) in [5.74, 6) is 0. The van der Waals surface area contributed by atoms with E-state index in [1.807, 2.05) is 0 Å². The standard InChI is InChI=1S/C77H50N2/c1-6-22-51(23-7-1)71-44-45-72(52-24-8-2-9-25-52)78(71)57-40-43-64-65(49-57)75(55-30-14-5-15-31-55)63-42-39-58(79-73(53-26-10-3-11-27-53)46-47-74(79)54-28-12-4-13-29-54)50-66(63)76(64)56-38-41-62-61-34-18-21-37-69(61)77(70(62)48-56)67-35-19-16-32-59(67)60-33-17-20-36-68(60)77/h1-50H. The molecule has 0 saturated heterocycles. The van der Waals surface area contributed by atoms with E-state index in [4.69, 9.17) is 0 Å². The Morgan fingerprint density at radius 2 is 0.519 bits per heavy atom. The Morgan fingerprint density at radius 3 is 0.899 bits per heavy atom. The average Bonchev–Trinajstić information content (AvgIpc) is 3.66. The Kier molecular flexibility index (Phi) is 10.2. The molecule has 2 heteroatoms. The zero-order chi connectivity index (χ0) is 52.0. The highest BCUT2D eigenvalue weighted by atomic mass is 15.0. The summed E-state index contributed by atoms with van der Waals surface area (Å²) >= 11 is 0. The van der Waals surface area contributed by atoms with Gasteiger partial charge in [0.2, 0.25) is 0 Å². The second kappa shape index (κ2) is 17.9. The van der Waals surface area contributed by atoms with Crippen molar-refractivity contribution in [3.8, 4) is 101 Å². The third-order valence-corrected chi connectivity index (χ3v) is 17.0. The van der Waals surface area contributed by atoms with Crippen LogP contribution in [0, 0.1) is 0 Å². The van der Waals surface area contributed by atoms with Crippen molar-refractivity contribution in [1.82, 2.24) is 9.13 Å². The third kappa shape index (κ3) is 6.78. The van der Waals surface area contributed by atoms with Crippen molar-refractivity contribution >= 4 is 21.5 Å². The number of nitrogens with zero attached hydrogens (tertiary/aromatic N) is 2. The molecule has 2 nitrogen and oxygen atoms in total. The van der Waals surface area contributed by atoms with Crippen molar-refractivity contribution in [2.45, 2.75) is 5.41 Å². The zero-order valence-electron chi connectivity index (χ0n) is 43.3. The molecule has 0 saturated carbocycles. The van der Waals surface area contributed by atoms with Gasteiger partial charge >= 0.3 is 0 Å². The van der Waals surface area contributed by atoms with Gasteiger partial charge in [-0.2, -0.15) is 0 Å². The fraction of sp³-hybridized carbons (Fsp3) is 0.0130. The van der Waals surface area contributed by atoms with E-state index in [2.05, 4.69) is 312 Å². The molecule has 0 fully saturated rings. The first-order valence-electron chi connectivity index (χ1n) is 27.4. The first-order valence-corrected chi connectivity index (χ1v) is 27.4. The maximum atomic E-state index is 2.57. The quantitative estimate of drug-likeness (QED) is 0.134. The molecule has 12 aromatic carbocycles. The highest BCUT2D eigenvalue weighted by Gasteiger charge is 2.51. The predicted octanol–water partition coefficient (Wildman–Crippen LogP) is 19.9. The summed E-state index contributed by atoms with van der Waals surface area (Å²) in [5, 5.41) is 4.77. The van der Waals surface area contributed by atoms with Crippen molar-refractivity contribution in [1.29, 1.82) is 0 Å². The summed E-state index contributed by atoms with van der Waals surface area (Å²) in [6, 6.07) is 113.